The summed E-state index contributed by atoms with van der Waals surface area (Å²) >= 11 is 9.42. The van der Waals surface area contributed by atoms with E-state index in [-0.39, 0.29) is 18.2 Å². The molecule has 2 fully saturated rings. The van der Waals surface area contributed by atoms with E-state index in [1.54, 1.807) is 0 Å². The van der Waals surface area contributed by atoms with Gasteiger partial charge >= 0.3 is 0 Å². The van der Waals surface area contributed by atoms with Crippen molar-refractivity contribution >= 4 is 33.3 Å². The molecule has 5 rings (SSSR count). The Labute approximate surface area is 195 Å². The average Bonchev–Trinajstić information content (AvgIpc) is 3.51. The Morgan fingerprint density at radius 3 is 2.87 bits per heavy atom. The van der Waals surface area contributed by atoms with E-state index < -0.39 is 0 Å². The summed E-state index contributed by atoms with van der Waals surface area (Å²) in [4.78, 5) is 6.80. The highest BCUT2D eigenvalue weighted by molar-refractivity contribution is 9.10. The second-order valence-electron chi connectivity index (χ2n) is 8.10. The third-order valence-electron chi connectivity index (χ3n) is 5.93. The molecular weight excluding hydrogens is 474 g/mol. The molecule has 2 aromatic heterocycles. The maximum Gasteiger partial charge on any atom is 0.170 e. The number of hydrogen-bond acceptors (Lipinski definition) is 4. The summed E-state index contributed by atoms with van der Waals surface area (Å²) < 4.78 is 13.4. The van der Waals surface area contributed by atoms with Crippen LogP contribution in [0.1, 0.15) is 41.9 Å². The summed E-state index contributed by atoms with van der Waals surface area (Å²) in [5.41, 5.74) is 3.18. The molecule has 3 atom stereocenters. The van der Waals surface area contributed by atoms with Crippen molar-refractivity contribution in [2.45, 2.75) is 38.0 Å². The second kappa shape index (κ2) is 8.73. The molecule has 3 aromatic rings. The van der Waals surface area contributed by atoms with Crippen LogP contribution in [0.2, 0.25) is 0 Å². The van der Waals surface area contributed by atoms with Gasteiger partial charge in [-0.25, -0.2) is 0 Å². The van der Waals surface area contributed by atoms with E-state index in [0.717, 1.165) is 53.2 Å². The number of ether oxygens (including phenoxy) is 1. The first-order chi connectivity index (χ1) is 15.1. The van der Waals surface area contributed by atoms with Crippen LogP contribution in [-0.4, -0.2) is 34.3 Å². The topological polar surface area (TPSA) is 50.5 Å². The molecule has 0 bridgehead atoms. The molecule has 2 aliphatic heterocycles. The highest BCUT2D eigenvalue weighted by atomic mass is 79.9. The molecule has 1 aromatic carbocycles. The van der Waals surface area contributed by atoms with Gasteiger partial charge < -0.3 is 19.4 Å². The van der Waals surface area contributed by atoms with Crippen LogP contribution in [0.3, 0.4) is 0 Å². The van der Waals surface area contributed by atoms with Crippen LogP contribution in [0, 0.1) is 6.92 Å². The molecule has 2 saturated heterocycles. The van der Waals surface area contributed by atoms with E-state index in [2.05, 4.69) is 62.3 Å². The maximum atomic E-state index is 6.43. The maximum absolute atomic E-state index is 6.43. The monoisotopic (exact) mass is 497 g/mol. The van der Waals surface area contributed by atoms with Gasteiger partial charge in [0.1, 0.15) is 17.6 Å². The largest absolute Gasteiger partial charge is 0.459 e. The molecule has 0 aliphatic carbocycles. The number of nitrogens with zero attached hydrogens (tertiary/aromatic N) is 2. The van der Waals surface area contributed by atoms with Crippen molar-refractivity contribution in [3.05, 3.63) is 76.2 Å². The highest BCUT2D eigenvalue weighted by Gasteiger charge is 2.42. The number of benzene rings is 1. The van der Waals surface area contributed by atoms with Crippen molar-refractivity contribution in [2.75, 3.05) is 13.2 Å². The van der Waals surface area contributed by atoms with E-state index in [9.17, 15) is 0 Å². The first-order valence-corrected chi connectivity index (χ1v) is 11.8. The van der Waals surface area contributed by atoms with E-state index in [1.807, 2.05) is 30.5 Å². The van der Waals surface area contributed by atoms with Gasteiger partial charge in [0, 0.05) is 29.4 Å². The molecule has 0 spiro atoms. The number of halogens is 1. The van der Waals surface area contributed by atoms with Gasteiger partial charge in [0.2, 0.25) is 0 Å². The third kappa shape index (κ3) is 4.14. The van der Waals surface area contributed by atoms with Crippen LogP contribution in [0.4, 0.5) is 0 Å². The Morgan fingerprint density at radius 2 is 2.13 bits per heavy atom. The van der Waals surface area contributed by atoms with Crippen molar-refractivity contribution in [3.63, 3.8) is 0 Å². The zero-order valence-electron chi connectivity index (χ0n) is 17.3. The minimum atomic E-state index is -0.0930. The van der Waals surface area contributed by atoms with Gasteiger partial charge in [-0.05, 0) is 73.9 Å². The van der Waals surface area contributed by atoms with Crippen LogP contribution < -0.4 is 5.32 Å². The van der Waals surface area contributed by atoms with Crippen LogP contribution >= 0.6 is 28.1 Å². The minimum absolute atomic E-state index is 0.0874. The molecule has 31 heavy (non-hydrogen) atoms. The normalized spacial score (nSPS) is 23.4. The molecule has 0 saturated carbocycles. The predicted molar refractivity (Wildman–Crippen MR) is 128 cm³/mol. The van der Waals surface area contributed by atoms with Gasteiger partial charge in [0.05, 0.1) is 17.8 Å². The van der Waals surface area contributed by atoms with Gasteiger partial charge in [-0.15, -0.1) is 0 Å². The standard InChI is InChI=1S/C24H24BrN3O2S/c1-15-7-8-17(18(25)13-15)20-9-10-21(30-20)23-22(19-6-2-3-11-26-19)27-24(31)28(23)14-16-5-4-12-29-16/h2-3,6-11,13,16,22-23H,4-5,12,14H2,1H3,(H,27,31)/t16-,22+,23-/m1/s1. The molecule has 0 unspecified atom stereocenters. The van der Waals surface area contributed by atoms with E-state index in [4.69, 9.17) is 21.4 Å². The van der Waals surface area contributed by atoms with Crippen LogP contribution in [0.5, 0.6) is 0 Å². The van der Waals surface area contributed by atoms with Gasteiger partial charge in [-0.2, -0.15) is 0 Å². The summed E-state index contributed by atoms with van der Waals surface area (Å²) in [6, 6.07) is 16.1. The van der Waals surface area contributed by atoms with Crippen LogP contribution in [0.25, 0.3) is 11.3 Å². The van der Waals surface area contributed by atoms with Crippen molar-refractivity contribution in [2.24, 2.45) is 0 Å². The van der Waals surface area contributed by atoms with E-state index in [0.29, 0.717) is 5.11 Å². The Hall–Kier alpha value is -2.22. The van der Waals surface area contributed by atoms with E-state index >= 15 is 0 Å². The lowest BCUT2D eigenvalue weighted by Gasteiger charge is -2.28. The fourth-order valence-electron chi connectivity index (χ4n) is 4.40. The smallest absolute Gasteiger partial charge is 0.170 e. The molecule has 5 nitrogen and oxygen atoms in total. The second-order valence-corrected chi connectivity index (χ2v) is 9.34. The van der Waals surface area contributed by atoms with Crippen molar-refractivity contribution in [1.29, 1.82) is 0 Å². The first kappa shape index (κ1) is 20.7. The molecule has 1 N–H and O–H groups in total. The molecule has 4 heterocycles. The van der Waals surface area contributed by atoms with Crippen LogP contribution in [-0.2, 0) is 4.74 Å². The summed E-state index contributed by atoms with van der Waals surface area (Å²) in [5.74, 6) is 1.69. The fraction of sp³-hybridized carbons (Fsp3) is 0.333. The zero-order chi connectivity index (χ0) is 21.4. The highest BCUT2D eigenvalue weighted by Crippen LogP contribution is 2.41. The fourth-order valence-corrected chi connectivity index (χ4v) is 5.40. The Morgan fingerprint density at radius 1 is 1.23 bits per heavy atom. The minimum Gasteiger partial charge on any atom is -0.459 e. The number of hydrogen-bond donors (Lipinski definition) is 1. The molecule has 7 heteroatoms. The molecule has 0 amide bonds. The summed E-state index contributed by atoms with van der Waals surface area (Å²) in [5, 5.41) is 4.19. The van der Waals surface area contributed by atoms with Gasteiger partial charge in [-0.3, -0.25) is 4.98 Å². The number of rotatable bonds is 5. The predicted octanol–water partition coefficient (Wildman–Crippen LogP) is 5.56. The Balaban J connectivity index is 1.51. The number of thiocarbonyl (C=S) groups is 1. The number of nitrogens with one attached hydrogen (secondary N) is 1. The molecule has 160 valence electrons. The van der Waals surface area contributed by atoms with Crippen LogP contribution in [0.15, 0.2) is 63.6 Å². The summed E-state index contributed by atoms with van der Waals surface area (Å²) in [7, 11) is 0. The third-order valence-corrected chi connectivity index (χ3v) is 6.94. The summed E-state index contributed by atoms with van der Waals surface area (Å²) in [6.07, 6.45) is 4.15. The van der Waals surface area contributed by atoms with Crippen molar-refractivity contribution < 1.29 is 9.15 Å². The SMILES string of the molecule is Cc1ccc(-c2ccc([C@@H]3[C@H](c4ccccn4)NC(=S)N3C[C@H]3CCCO3)o2)c(Br)c1. The number of aryl methyl sites for hydroxylation is 1. The van der Waals surface area contributed by atoms with E-state index in [1.165, 1.54) is 5.56 Å². The van der Waals surface area contributed by atoms with Crippen molar-refractivity contribution in [3.8, 4) is 11.3 Å². The van der Waals surface area contributed by atoms with Crippen molar-refractivity contribution in [1.82, 2.24) is 15.2 Å². The van der Waals surface area contributed by atoms with Gasteiger partial charge in [0.25, 0.3) is 0 Å². The number of aromatic nitrogens is 1. The number of furan rings is 1. The lowest BCUT2D eigenvalue weighted by atomic mass is 10.0. The quantitative estimate of drug-likeness (QED) is 0.465. The number of pyridine rings is 1. The lowest BCUT2D eigenvalue weighted by molar-refractivity contribution is 0.0818. The lowest BCUT2D eigenvalue weighted by Crippen LogP contribution is -2.36. The Bertz CT molecular complexity index is 1080. The average molecular weight is 498 g/mol. The Kier molecular flexibility index (Phi) is 5.82. The zero-order valence-corrected chi connectivity index (χ0v) is 19.7. The summed E-state index contributed by atoms with van der Waals surface area (Å²) in [6.45, 7) is 3.64. The molecule has 0 radical (unpaired) electrons. The molecule has 2 aliphatic rings. The molecular formula is C24H24BrN3O2S. The van der Waals surface area contributed by atoms with Gasteiger partial charge in [0.15, 0.2) is 5.11 Å². The first-order valence-electron chi connectivity index (χ1n) is 10.6. The van der Waals surface area contributed by atoms with Gasteiger partial charge in [-0.1, -0.05) is 28.1 Å².